The van der Waals surface area contributed by atoms with Crippen LogP contribution in [-0.4, -0.2) is 23.3 Å². The molecule has 0 unspecified atom stereocenters. The van der Waals surface area contributed by atoms with Crippen molar-refractivity contribution in [3.63, 3.8) is 0 Å². The van der Waals surface area contributed by atoms with Crippen LogP contribution in [0.2, 0.25) is 0 Å². The fraction of sp³-hybridized carbons (Fsp3) is 0.538. The minimum absolute atomic E-state index is 0.738. The summed E-state index contributed by atoms with van der Waals surface area (Å²) in [6.45, 7) is 3.96. The standard InChI is InChI=1S/C13H19N3OS/c1-2-14-9-8-13-16-15-12(17-13)7-3-5-11-6-4-10-18-11/h4,6,10,14H,2-3,5,7-9H2,1H3. The zero-order valence-electron chi connectivity index (χ0n) is 10.7. The number of nitrogens with one attached hydrogen (secondary N) is 1. The number of rotatable bonds is 8. The molecule has 98 valence electrons. The molecule has 0 aliphatic carbocycles. The third-order valence-corrected chi connectivity index (χ3v) is 3.60. The number of thiophene rings is 1. The van der Waals surface area contributed by atoms with Crippen molar-refractivity contribution in [2.24, 2.45) is 0 Å². The predicted molar refractivity (Wildman–Crippen MR) is 72.9 cm³/mol. The molecule has 2 heterocycles. The highest BCUT2D eigenvalue weighted by molar-refractivity contribution is 7.09. The summed E-state index contributed by atoms with van der Waals surface area (Å²) >= 11 is 1.80. The third kappa shape index (κ3) is 4.23. The molecule has 0 aliphatic heterocycles. The van der Waals surface area contributed by atoms with Gasteiger partial charge in [-0.1, -0.05) is 13.0 Å². The Hall–Kier alpha value is -1.20. The van der Waals surface area contributed by atoms with E-state index in [0.29, 0.717) is 0 Å². The van der Waals surface area contributed by atoms with E-state index in [2.05, 4.69) is 40.0 Å². The molecule has 0 radical (unpaired) electrons. The smallest absolute Gasteiger partial charge is 0.217 e. The van der Waals surface area contributed by atoms with Crippen molar-refractivity contribution in [1.82, 2.24) is 15.5 Å². The molecular formula is C13H19N3OS. The minimum atomic E-state index is 0.738. The Morgan fingerprint density at radius 3 is 2.78 bits per heavy atom. The first-order valence-corrected chi connectivity index (χ1v) is 7.31. The Kier molecular flexibility index (Phi) is 5.36. The van der Waals surface area contributed by atoms with Crippen LogP contribution in [0.1, 0.15) is 30.0 Å². The van der Waals surface area contributed by atoms with E-state index in [9.17, 15) is 0 Å². The maximum absolute atomic E-state index is 5.59. The first-order valence-electron chi connectivity index (χ1n) is 6.43. The molecule has 2 aromatic heterocycles. The van der Waals surface area contributed by atoms with Crippen molar-refractivity contribution < 1.29 is 4.42 Å². The van der Waals surface area contributed by atoms with E-state index in [1.807, 2.05) is 0 Å². The van der Waals surface area contributed by atoms with Crippen LogP contribution >= 0.6 is 11.3 Å². The summed E-state index contributed by atoms with van der Waals surface area (Å²) in [6.07, 6.45) is 3.83. The van der Waals surface area contributed by atoms with E-state index >= 15 is 0 Å². The molecule has 0 aromatic carbocycles. The summed E-state index contributed by atoms with van der Waals surface area (Å²) in [6, 6.07) is 4.26. The van der Waals surface area contributed by atoms with Crippen molar-refractivity contribution in [2.45, 2.75) is 32.6 Å². The highest BCUT2D eigenvalue weighted by Crippen LogP contribution is 2.12. The Balaban J connectivity index is 1.69. The maximum Gasteiger partial charge on any atom is 0.217 e. The summed E-state index contributed by atoms with van der Waals surface area (Å²) < 4.78 is 5.59. The fourth-order valence-corrected chi connectivity index (χ4v) is 2.48. The first kappa shape index (κ1) is 13.2. The average molecular weight is 265 g/mol. The second-order valence-corrected chi connectivity index (χ2v) is 5.16. The second-order valence-electron chi connectivity index (χ2n) is 4.13. The van der Waals surface area contributed by atoms with Gasteiger partial charge in [-0.15, -0.1) is 21.5 Å². The highest BCUT2D eigenvalue weighted by atomic mass is 32.1. The van der Waals surface area contributed by atoms with Gasteiger partial charge in [-0.25, -0.2) is 0 Å². The van der Waals surface area contributed by atoms with E-state index in [0.717, 1.165) is 50.6 Å². The number of aromatic nitrogens is 2. The SMILES string of the molecule is CCNCCc1nnc(CCCc2cccs2)o1. The molecule has 0 saturated heterocycles. The van der Waals surface area contributed by atoms with Gasteiger partial charge in [0.05, 0.1) is 0 Å². The van der Waals surface area contributed by atoms with Crippen molar-refractivity contribution in [3.8, 4) is 0 Å². The molecule has 2 aromatic rings. The maximum atomic E-state index is 5.59. The van der Waals surface area contributed by atoms with Crippen LogP contribution in [0, 0.1) is 0 Å². The van der Waals surface area contributed by atoms with Crippen LogP contribution in [-0.2, 0) is 19.3 Å². The summed E-state index contributed by atoms with van der Waals surface area (Å²) in [5.74, 6) is 1.50. The van der Waals surface area contributed by atoms with Gasteiger partial charge >= 0.3 is 0 Å². The van der Waals surface area contributed by atoms with E-state index < -0.39 is 0 Å². The molecule has 2 rings (SSSR count). The van der Waals surface area contributed by atoms with Gasteiger partial charge in [0.2, 0.25) is 11.8 Å². The lowest BCUT2D eigenvalue weighted by atomic mass is 10.2. The second kappa shape index (κ2) is 7.28. The molecule has 0 amide bonds. The Morgan fingerprint density at radius 1 is 1.22 bits per heavy atom. The van der Waals surface area contributed by atoms with Gasteiger partial charge in [-0.3, -0.25) is 0 Å². The van der Waals surface area contributed by atoms with Crippen LogP contribution in [0.4, 0.5) is 0 Å². The van der Waals surface area contributed by atoms with Crippen LogP contribution < -0.4 is 5.32 Å². The highest BCUT2D eigenvalue weighted by Gasteiger charge is 2.05. The molecule has 18 heavy (non-hydrogen) atoms. The first-order chi connectivity index (χ1) is 8.88. The van der Waals surface area contributed by atoms with E-state index in [4.69, 9.17) is 4.42 Å². The van der Waals surface area contributed by atoms with Crippen molar-refractivity contribution in [1.29, 1.82) is 0 Å². The number of aryl methyl sites for hydroxylation is 2. The predicted octanol–water partition coefficient (Wildman–Crippen LogP) is 2.46. The van der Waals surface area contributed by atoms with Crippen molar-refractivity contribution >= 4 is 11.3 Å². The van der Waals surface area contributed by atoms with Gasteiger partial charge in [0.1, 0.15) is 0 Å². The molecule has 5 heteroatoms. The molecule has 1 N–H and O–H groups in total. The normalized spacial score (nSPS) is 10.9. The average Bonchev–Trinajstić information content (AvgIpc) is 3.01. The Labute approximate surface area is 111 Å². The van der Waals surface area contributed by atoms with Gasteiger partial charge in [0, 0.05) is 24.3 Å². The minimum Gasteiger partial charge on any atom is -0.425 e. The van der Waals surface area contributed by atoms with Gasteiger partial charge in [-0.2, -0.15) is 0 Å². The molecule has 0 aliphatic rings. The number of hydrogen-bond donors (Lipinski definition) is 1. The van der Waals surface area contributed by atoms with Gasteiger partial charge in [0.25, 0.3) is 0 Å². The van der Waals surface area contributed by atoms with E-state index in [1.165, 1.54) is 4.88 Å². The number of nitrogens with zero attached hydrogens (tertiary/aromatic N) is 2. The molecule has 0 spiro atoms. The van der Waals surface area contributed by atoms with Crippen LogP contribution in [0.5, 0.6) is 0 Å². The summed E-state index contributed by atoms with van der Waals surface area (Å²) in [5.41, 5.74) is 0. The monoisotopic (exact) mass is 265 g/mol. The molecule has 0 atom stereocenters. The summed E-state index contributed by atoms with van der Waals surface area (Å²) in [4.78, 5) is 1.42. The van der Waals surface area contributed by atoms with Gasteiger partial charge < -0.3 is 9.73 Å². The molecule has 0 bridgehead atoms. The molecule has 0 fully saturated rings. The van der Waals surface area contributed by atoms with Crippen LogP contribution in [0.15, 0.2) is 21.9 Å². The largest absolute Gasteiger partial charge is 0.425 e. The fourth-order valence-electron chi connectivity index (χ4n) is 1.73. The topological polar surface area (TPSA) is 51.0 Å². The Morgan fingerprint density at radius 2 is 2.06 bits per heavy atom. The van der Waals surface area contributed by atoms with E-state index in [1.54, 1.807) is 11.3 Å². The molecular weight excluding hydrogens is 246 g/mol. The lowest BCUT2D eigenvalue weighted by Crippen LogP contribution is -2.16. The number of hydrogen-bond acceptors (Lipinski definition) is 5. The molecule has 0 saturated carbocycles. The van der Waals surface area contributed by atoms with Crippen molar-refractivity contribution in [3.05, 3.63) is 34.2 Å². The lowest BCUT2D eigenvalue weighted by molar-refractivity contribution is 0.440. The Bertz CT molecular complexity index is 439. The molecule has 4 nitrogen and oxygen atoms in total. The zero-order chi connectivity index (χ0) is 12.6. The van der Waals surface area contributed by atoms with Crippen LogP contribution in [0.3, 0.4) is 0 Å². The van der Waals surface area contributed by atoms with Crippen molar-refractivity contribution in [2.75, 3.05) is 13.1 Å². The van der Waals surface area contributed by atoms with E-state index in [-0.39, 0.29) is 0 Å². The quantitative estimate of drug-likeness (QED) is 0.745. The van der Waals surface area contributed by atoms with Gasteiger partial charge in [-0.05, 0) is 30.8 Å². The zero-order valence-corrected chi connectivity index (χ0v) is 11.5. The number of likely N-dealkylation sites (N-methyl/N-ethyl adjacent to an activating group) is 1. The summed E-state index contributed by atoms with van der Waals surface area (Å²) in [5, 5.41) is 13.5. The third-order valence-electron chi connectivity index (χ3n) is 2.67. The summed E-state index contributed by atoms with van der Waals surface area (Å²) in [7, 11) is 0. The van der Waals surface area contributed by atoms with Crippen LogP contribution in [0.25, 0.3) is 0 Å². The van der Waals surface area contributed by atoms with Gasteiger partial charge in [0.15, 0.2) is 0 Å². The lowest BCUT2D eigenvalue weighted by Gasteiger charge is -1.96.